The lowest BCUT2D eigenvalue weighted by Gasteiger charge is -2.10. The van der Waals surface area contributed by atoms with E-state index in [-0.39, 0.29) is 11.3 Å². The molecule has 4 heteroatoms. The van der Waals surface area contributed by atoms with Crippen molar-refractivity contribution in [2.45, 2.75) is 6.04 Å². The molecule has 76 valence electrons. The van der Waals surface area contributed by atoms with Gasteiger partial charge in [0.25, 0.3) is 0 Å². The minimum absolute atomic E-state index is 0.0679. The van der Waals surface area contributed by atoms with Crippen LogP contribution in [0.2, 0.25) is 0 Å². The number of benzene rings is 1. The van der Waals surface area contributed by atoms with E-state index in [1.807, 2.05) is 0 Å². The molecule has 0 aliphatic rings. The molecule has 0 aromatic heterocycles. The molecule has 0 spiro atoms. The zero-order valence-corrected chi connectivity index (χ0v) is 7.76. The summed E-state index contributed by atoms with van der Waals surface area (Å²) in [5, 5.41) is 0. The lowest BCUT2D eigenvalue weighted by molar-refractivity contribution is 0.381. The highest BCUT2D eigenvalue weighted by Gasteiger charge is 2.13. The van der Waals surface area contributed by atoms with Gasteiger partial charge in [0.15, 0.2) is 11.6 Å². The number of halogens is 2. The van der Waals surface area contributed by atoms with Gasteiger partial charge < -0.3 is 10.5 Å². The predicted octanol–water partition coefficient (Wildman–Crippen LogP) is 2.16. The van der Waals surface area contributed by atoms with Gasteiger partial charge in [0.2, 0.25) is 0 Å². The van der Waals surface area contributed by atoms with E-state index in [1.165, 1.54) is 13.2 Å². The summed E-state index contributed by atoms with van der Waals surface area (Å²) in [6.45, 7) is 3.40. The van der Waals surface area contributed by atoms with Gasteiger partial charge in [0.1, 0.15) is 5.82 Å². The zero-order valence-electron chi connectivity index (χ0n) is 7.76. The highest BCUT2D eigenvalue weighted by atomic mass is 19.1. The number of methoxy groups -OCH3 is 1. The highest BCUT2D eigenvalue weighted by Crippen LogP contribution is 2.24. The predicted molar refractivity (Wildman–Crippen MR) is 50.0 cm³/mol. The molecule has 1 atom stereocenters. The first-order valence-electron chi connectivity index (χ1n) is 4.01. The van der Waals surface area contributed by atoms with Crippen molar-refractivity contribution < 1.29 is 13.5 Å². The SMILES string of the molecule is C=CC(N)c1cc(F)c(OC)cc1F. The van der Waals surface area contributed by atoms with Crippen molar-refractivity contribution >= 4 is 0 Å². The third-order valence-corrected chi connectivity index (χ3v) is 1.88. The van der Waals surface area contributed by atoms with Gasteiger partial charge >= 0.3 is 0 Å². The summed E-state index contributed by atoms with van der Waals surface area (Å²) in [5.74, 6) is -1.38. The smallest absolute Gasteiger partial charge is 0.165 e. The van der Waals surface area contributed by atoms with Crippen molar-refractivity contribution in [3.63, 3.8) is 0 Å². The first kappa shape index (κ1) is 10.7. The molecule has 1 aromatic rings. The summed E-state index contributed by atoms with van der Waals surface area (Å²) in [7, 11) is 1.27. The van der Waals surface area contributed by atoms with E-state index in [2.05, 4.69) is 11.3 Å². The van der Waals surface area contributed by atoms with Crippen LogP contribution >= 0.6 is 0 Å². The van der Waals surface area contributed by atoms with Gasteiger partial charge in [-0.1, -0.05) is 6.08 Å². The van der Waals surface area contributed by atoms with Crippen LogP contribution in [0.3, 0.4) is 0 Å². The molecule has 2 N–H and O–H groups in total. The minimum Gasteiger partial charge on any atom is -0.494 e. The van der Waals surface area contributed by atoms with Gasteiger partial charge in [-0.3, -0.25) is 0 Å². The molecule has 0 bridgehead atoms. The van der Waals surface area contributed by atoms with Crippen LogP contribution in [0.1, 0.15) is 11.6 Å². The molecule has 0 heterocycles. The van der Waals surface area contributed by atoms with Crippen LogP contribution in [0.4, 0.5) is 8.78 Å². The average molecular weight is 199 g/mol. The van der Waals surface area contributed by atoms with Crippen LogP contribution in [0.15, 0.2) is 24.8 Å². The molecule has 0 saturated heterocycles. The van der Waals surface area contributed by atoms with Crippen molar-refractivity contribution in [3.05, 3.63) is 42.0 Å². The van der Waals surface area contributed by atoms with E-state index >= 15 is 0 Å². The second-order valence-electron chi connectivity index (χ2n) is 2.77. The molecule has 0 amide bonds. The summed E-state index contributed by atoms with van der Waals surface area (Å²) in [5.41, 5.74) is 5.56. The Bertz CT molecular complexity index is 352. The largest absolute Gasteiger partial charge is 0.494 e. The molecule has 2 nitrogen and oxygen atoms in total. The second-order valence-corrected chi connectivity index (χ2v) is 2.77. The van der Waals surface area contributed by atoms with Crippen molar-refractivity contribution in [2.24, 2.45) is 5.73 Å². The van der Waals surface area contributed by atoms with E-state index in [0.29, 0.717) is 0 Å². The maximum absolute atomic E-state index is 13.3. The third kappa shape index (κ3) is 1.90. The number of rotatable bonds is 3. The Balaban J connectivity index is 3.21. The molecule has 1 unspecified atom stereocenters. The number of hydrogen-bond donors (Lipinski definition) is 1. The number of nitrogens with two attached hydrogens (primary N) is 1. The van der Waals surface area contributed by atoms with Gasteiger partial charge in [-0.05, 0) is 6.07 Å². The average Bonchev–Trinajstić information content (AvgIpc) is 2.19. The van der Waals surface area contributed by atoms with Gasteiger partial charge in [-0.15, -0.1) is 6.58 Å². The quantitative estimate of drug-likeness (QED) is 0.757. The van der Waals surface area contributed by atoms with Gasteiger partial charge in [0.05, 0.1) is 13.2 Å². The third-order valence-electron chi connectivity index (χ3n) is 1.88. The van der Waals surface area contributed by atoms with E-state index in [1.54, 1.807) is 0 Å². The van der Waals surface area contributed by atoms with Crippen LogP contribution in [0.25, 0.3) is 0 Å². The highest BCUT2D eigenvalue weighted by molar-refractivity contribution is 5.33. The molecule has 1 rings (SSSR count). The fourth-order valence-corrected chi connectivity index (χ4v) is 1.08. The Kier molecular flexibility index (Phi) is 3.19. The molecule has 0 fully saturated rings. The standard InChI is InChI=1S/C10H11F2NO/c1-3-9(13)6-4-8(12)10(14-2)5-7(6)11/h3-5,9H,1,13H2,2H3. The van der Waals surface area contributed by atoms with E-state index in [9.17, 15) is 8.78 Å². The fourth-order valence-electron chi connectivity index (χ4n) is 1.08. The van der Waals surface area contributed by atoms with Crippen molar-refractivity contribution in [1.29, 1.82) is 0 Å². The van der Waals surface area contributed by atoms with E-state index in [0.717, 1.165) is 12.1 Å². The summed E-state index contributed by atoms with van der Waals surface area (Å²) >= 11 is 0. The maximum Gasteiger partial charge on any atom is 0.165 e. The maximum atomic E-state index is 13.3. The summed E-state index contributed by atoms with van der Waals surface area (Å²) in [4.78, 5) is 0. The monoisotopic (exact) mass is 199 g/mol. The van der Waals surface area contributed by atoms with Gasteiger partial charge in [-0.2, -0.15) is 0 Å². The Morgan fingerprint density at radius 2 is 2.07 bits per heavy atom. The molecular weight excluding hydrogens is 188 g/mol. The summed E-state index contributed by atoms with van der Waals surface area (Å²) in [6.07, 6.45) is 1.34. The van der Waals surface area contributed by atoms with E-state index in [4.69, 9.17) is 5.73 Å². The molecule has 0 saturated carbocycles. The van der Waals surface area contributed by atoms with Crippen LogP contribution in [0, 0.1) is 11.6 Å². The Labute approximate surface area is 81.0 Å². The lowest BCUT2D eigenvalue weighted by Crippen LogP contribution is -2.09. The molecule has 0 aliphatic carbocycles. The molecule has 1 aromatic carbocycles. The molecule has 0 radical (unpaired) electrons. The summed E-state index contributed by atoms with van der Waals surface area (Å²) in [6, 6.07) is 1.27. The minimum atomic E-state index is -0.713. The molecule has 0 aliphatic heterocycles. The summed E-state index contributed by atoms with van der Waals surface area (Å²) < 4.78 is 31.0. The van der Waals surface area contributed by atoms with Crippen LogP contribution < -0.4 is 10.5 Å². The zero-order chi connectivity index (χ0) is 10.7. The van der Waals surface area contributed by atoms with Gasteiger partial charge in [0, 0.05) is 11.6 Å². The number of hydrogen-bond acceptors (Lipinski definition) is 2. The normalized spacial score (nSPS) is 12.3. The second kappa shape index (κ2) is 4.19. The lowest BCUT2D eigenvalue weighted by atomic mass is 10.1. The van der Waals surface area contributed by atoms with Crippen molar-refractivity contribution in [2.75, 3.05) is 7.11 Å². The topological polar surface area (TPSA) is 35.2 Å². The van der Waals surface area contributed by atoms with Gasteiger partial charge in [-0.25, -0.2) is 8.78 Å². The Morgan fingerprint density at radius 1 is 1.43 bits per heavy atom. The molecule has 14 heavy (non-hydrogen) atoms. The fraction of sp³-hybridized carbons (Fsp3) is 0.200. The van der Waals surface area contributed by atoms with Crippen molar-refractivity contribution in [1.82, 2.24) is 0 Å². The number of ether oxygens (including phenoxy) is 1. The van der Waals surface area contributed by atoms with Crippen LogP contribution in [-0.2, 0) is 0 Å². The van der Waals surface area contributed by atoms with Crippen LogP contribution in [0.5, 0.6) is 5.75 Å². The van der Waals surface area contributed by atoms with E-state index < -0.39 is 17.7 Å². The van der Waals surface area contributed by atoms with Crippen LogP contribution in [-0.4, -0.2) is 7.11 Å². The Hall–Kier alpha value is -1.42. The molecular formula is C10H11F2NO. The first-order chi connectivity index (χ1) is 6.60. The Morgan fingerprint density at radius 3 is 2.57 bits per heavy atom. The first-order valence-corrected chi connectivity index (χ1v) is 4.01. The van der Waals surface area contributed by atoms with Crippen molar-refractivity contribution in [3.8, 4) is 5.75 Å².